The summed E-state index contributed by atoms with van der Waals surface area (Å²) in [5.74, 6) is -0.344. The lowest BCUT2D eigenvalue weighted by Crippen LogP contribution is -2.56. The number of likely N-dealkylation sites (tertiary alicyclic amines) is 2. The van der Waals surface area contributed by atoms with E-state index in [0.29, 0.717) is 26.1 Å². The van der Waals surface area contributed by atoms with Gasteiger partial charge in [-0.25, -0.2) is 8.42 Å². The monoisotopic (exact) mass is 559 g/mol. The summed E-state index contributed by atoms with van der Waals surface area (Å²) >= 11 is 0. The summed E-state index contributed by atoms with van der Waals surface area (Å²) in [7, 11) is -1.63. The Morgan fingerprint density at radius 2 is 1.68 bits per heavy atom. The van der Waals surface area contributed by atoms with Crippen molar-refractivity contribution in [3.63, 3.8) is 0 Å². The molecule has 3 N–H and O–H groups in total. The zero-order chi connectivity index (χ0) is 27.2. The number of sulfonamides is 1. The first kappa shape index (κ1) is 28.1. The van der Waals surface area contributed by atoms with Crippen LogP contribution in [0.15, 0.2) is 0 Å². The van der Waals surface area contributed by atoms with Gasteiger partial charge in [0.25, 0.3) is 0 Å². The summed E-state index contributed by atoms with van der Waals surface area (Å²) in [5.41, 5.74) is 0. The molecule has 216 valence electrons. The topological polar surface area (TPSA) is 152 Å². The Hall–Kier alpha value is -1.39. The molecule has 38 heavy (non-hydrogen) atoms. The highest BCUT2D eigenvalue weighted by Gasteiger charge is 2.47. The molecule has 5 rings (SSSR count). The average Bonchev–Trinajstić information content (AvgIpc) is 3.39. The number of nitrogens with zero attached hydrogens (tertiary/aromatic N) is 4. The van der Waals surface area contributed by atoms with Gasteiger partial charge in [0, 0.05) is 44.8 Å². The SMILES string of the molecule is CN1CCC(N2C[C@@H]3C[C@H]2C(=O)N2CCO[C@@H](C2)CN(S(C)(=O)=O)C[C@H]2O[C@@H](CC(=O)N3)[C@H](O)[C@@H]2O)CC1. The standard InChI is InChI=1S/C24H41N5O8S/c1-26-5-3-16(4-6-26)29-11-15-9-18(29)24(33)27-7-8-36-17(12-27)13-28(38(2,34)35)14-20-23(32)22(31)19(37-20)10-21(30)25-15/h15-20,22-23,31-32H,3-14H2,1-2H3,(H,25,30)/t15-,17-,18-,19-,20+,22-,23+/m0/s1. The smallest absolute Gasteiger partial charge is 0.240 e. The Balaban J connectivity index is 1.42. The van der Waals surface area contributed by atoms with Crippen molar-refractivity contribution in [2.75, 3.05) is 65.7 Å². The zero-order valence-corrected chi connectivity index (χ0v) is 23.0. The molecule has 7 atom stereocenters. The maximum Gasteiger partial charge on any atom is 0.240 e. The molecule has 13 nitrogen and oxygen atoms in total. The number of piperidine rings is 1. The molecule has 5 aliphatic heterocycles. The van der Waals surface area contributed by atoms with E-state index in [1.807, 2.05) is 0 Å². The second-order valence-corrected chi connectivity index (χ2v) is 13.5. The number of amides is 2. The van der Waals surface area contributed by atoms with Crippen LogP contribution >= 0.6 is 0 Å². The molecule has 2 amide bonds. The fraction of sp³-hybridized carbons (Fsp3) is 0.917. The van der Waals surface area contributed by atoms with Crippen molar-refractivity contribution in [2.24, 2.45) is 0 Å². The van der Waals surface area contributed by atoms with Gasteiger partial charge in [0.2, 0.25) is 21.8 Å². The second kappa shape index (κ2) is 11.2. The quantitative estimate of drug-likeness (QED) is 0.320. The molecule has 0 aliphatic carbocycles. The van der Waals surface area contributed by atoms with Crippen LogP contribution < -0.4 is 5.32 Å². The van der Waals surface area contributed by atoms with Gasteiger partial charge in [0.15, 0.2) is 0 Å². The number of hydrogen-bond acceptors (Lipinski definition) is 10. The third kappa shape index (κ3) is 6.02. The van der Waals surface area contributed by atoms with E-state index >= 15 is 0 Å². The number of aliphatic hydroxyl groups excluding tert-OH is 2. The van der Waals surface area contributed by atoms with Crippen molar-refractivity contribution >= 4 is 21.8 Å². The summed E-state index contributed by atoms with van der Waals surface area (Å²) in [6.45, 7) is 3.20. The molecule has 0 radical (unpaired) electrons. The van der Waals surface area contributed by atoms with Crippen LogP contribution in [0, 0.1) is 0 Å². The Morgan fingerprint density at radius 3 is 2.39 bits per heavy atom. The molecule has 14 heteroatoms. The van der Waals surface area contributed by atoms with E-state index in [0.717, 1.165) is 36.5 Å². The number of fused-ring (bicyclic) bond motifs is 6. The fourth-order valence-corrected chi connectivity index (χ4v) is 7.42. The minimum Gasteiger partial charge on any atom is -0.388 e. The van der Waals surface area contributed by atoms with E-state index in [1.54, 1.807) is 4.90 Å². The Labute approximate surface area is 224 Å². The van der Waals surface area contributed by atoms with Crippen LogP contribution in [0.25, 0.3) is 0 Å². The van der Waals surface area contributed by atoms with Crippen LogP contribution in [-0.4, -0.2) is 164 Å². The minimum atomic E-state index is -3.72. The Kier molecular flexibility index (Phi) is 8.32. The van der Waals surface area contributed by atoms with Gasteiger partial charge >= 0.3 is 0 Å². The van der Waals surface area contributed by atoms with Crippen LogP contribution in [0.3, 0.4) is 0 Å². The third-order valence-electron chi connectivity index (χ3n) is 8.70. The summed E-state index contributed by atoms with van der Waals surface area (Å²) in [6.07, 6.45) is -1.90. The van der Waals surface area contributed by atoms with Gasteiger partial charge in [-0.15, -0.1) is 0 Å². The third-order valence-corrected chi connectivity index (χ3v) is 9.94. The highest BCUT2D eigenvalue weighted by Crippen LogP contribution is 2.30. The first-order valence-corrected chi connectivity index (χ1v) is 15.4. The minimum absolute atomic E-state index is 0.0115. The fourth-order valence-electron chi connectivity index (χ4n) is 6.57. The number of carbonyl (C=O) groups excluding carboxylic acids is 2. The molecule has 0 saturated carbocycles. The molecule has 5 saturated heterocycles. The molecule has 5 aliphatic rings. The molecule has 0 aromatic heterocycles. The summed E-state index contributed by atoms with van der Waals surface area (Å²) in [6, 6.07) is -0.371. The molecule has 0 aromatic carbocycles. The average molecular weight is 560 g/mol. The van der Waals surface area contributed by atoms with Crippen molar-refractivity contribution in [2.45, 2.75) is 74.3 Å². The molecule has 5 fully saturated rings. The summed E-state index contributed by atoms with van der Waals surface area (Å²) < 4.78 is 38.1. The molecule has 5 heterocycles. The normalized spacial score (nSPS) is 39.5. The first-order chi connectivity index (χ1) is 18.0. The number of carbonyl (C=O) groups is 2. The van der Waals surface area contributed by atoms with Crippen molar-refractivity contribution in [3.8, 4) is 0 Å². The molecular weight excluding hydrogens is 518 g/mol. The molecule has 6 bridgehead atoms. The lowest BCUT2D eigenvalue weighted by molar-refractivity contribution is -0.145. The van der Waals surface area contributed by atoms with Crippen molar-refractivity contribution in [1.82, 2.24) is 24.3 Å². The van der Waals surface area contributed by atoms with E-state index in [1.165, 1.54) is 0 Å². The predicted molar refractivity (Wildman–Crippen MR) is 136 cm³/mol. The lowest BCUT2D eigenvalue weighted by Gasteiger charge is -2.41. The predicted octanol–water partition coefficient (Wildman–Crippen LogP) is -2.98. The van der Waals surface area contributed by atoms with E-state index in [4.69, 9.17) is 9.47 Å². The second-order valence-electron chi connectivity index (χ2n) is 11.5. The van der Waals surface area contributed by atoms with Gasteiger partial charge in [-0.05, 0) is 39.4 Å². The number of morpholine rings is 1. The van der Waals surface area contributed by atoms with Crippen molar-refractivity contribution in [3.05, 3.63) is 0 Å². The van der Waals surface area contributed by atoms with Gasteiger partial charge in [-0.3, -0.25) is 14.5 Å². The van der Waals surface area contributed by atoms with E-state index < -0.39 is 40.5 Å². The van der Waals surface area contributed by atoms with Crippen molar-refractivity contribution in [1.29, 1.82) is 0 Å². The van der Waals surface area contributed by atoms with Crippen LogP contribution in [0.4, 0.5) is 0 Å². The number of nitrogens with one attached hydrogen (secondary N) is 1. The van der Waals surface area contributed by atoms with Crippen LogP contribution in [-0.2, 0) is 29.1 Å². The van der Waals surface area contributed by atoms with Gasteiger partial charge in [-0.2, -0.15) is 4.31 Å². The maximum atomic E-state index is 13.9. The van der Waals surface area contributed by atoms with Gasteiger partial charge in [0.05, 0.1) is 37.5 Å². The molecular formula is C24H41N5O8S. The molecule has 0 spiro atoms. The number of ether oxygens (including phenoxy) is 2. The first-order valence-electron chi connectivity index (χ1n) is 13.6. The Morgan fingerprint density at radius 1 is 0.974 bits per heavy atom. The number of hydrogen-bond donors (Lipinski definition) is 3. The van der Waals surface area contributed by atoms with Gasteiger partial charge < -0.3 is 34.8 Å². The number of aliphatic hydroxyl groups is 2. The largest absolute Gasteiger partial charge is 0.388 e. The Bertz CT molecular complexity index is 992. The van der Waals surface area contributed by atoms with Crippen LogP contribution in [0.5, 0.6) is 0 Å². The van der Waals surface area contributed by atoms with Crippen LogP contribution in [0.2, 0.25) is 0 Å². The van der Waals surface area contributed by atoms with E-state index in [-0.39, 0.29) is 56.0 Å². The van der Waals surface area contributed by atoms with Crippen molar-refractivity contribution < 1.29 is 37.7 Å². The van der Waals surface area contributed by atoms with E-state index in [2.05, 4.69) is 22.2 Å². The summed E-state index contributed by atoms with van der Waals surface area (Å²) in [5, 5.41) is 24.2. The van der Waals surface area contributed by atoms with Gasteiger partial charge in [-0.1, -0.05) is 0 Å². The summed E-state index contributed by atoms with van der Waals surface area (Å²) in [4.78, 5) is 33.1. The maximum absolute atomic E-state index is 13.9. The van der Waals surface area contributed by atoms with Crippen LogP contribution in [0.1, 0.15) is 25.7 Å². The zero-order valence-electron chi connectivity index (χ0n) is 22.1. The highest BCUT2D eigenvalue weighted by molar-refractivity contribution is 7.88. The molecule has 0 aromatic rings. The lowest BCUT2D eigenvalue weighted by atomic mass is 10.0. The highest BCUT2D eigenvalue weighted by atomic mass is 32.2. The number of rotatable bonds is 2. The van der Waals surface area contributed by atoms with E-state index in [9.17, 15) is 28.2 Å². The van der Waals surface area contributed by atoms with Gasteiger partial charge in [0.1, 0.15) is 18.3 Å². The molecule has 0 unspecified atom stereocenters.